The van der Waals surface area contributed by atoms with Crippen LogP contribution in [0.15, 0.2) is 18.2 Å². The van der Waals surface area contributed by atoms with Crippen molar-refractivity contribution in [3.63, 3.8) is 0 Å². The number of nitrogens with two attached hydrogens (primary N) is 1. The van der Waals surface area contributed by atoms with Gasteiger partial charge in [0.05, 0.1) is 13.7 Å². The molecule has 0 atom stereocenters. The van der Waals surface area contributed by atoms with Crippen LogP contribution in [-0.4, -0.2) is 20.3 Å². The second kappa shape index (κ2) is 9.68. The highest BCUT2D eigenvalue weighted by molar-refractivity contribution is 5.43. The number of aryl methyl sites for hydroxylation is 1. The molecule has 0 aliphatic rings. The molecular weight excluding hydrogens is 238 g/mol. The molecule has 0 aromatic heterocycles. The predicted molar refractivity (Wildman–Crippen MR) is 80.0 cm³/mol. The molecule has 1 aromatic rings. The molecule has 19 heavy (non-hydrogen) atoms. The van der Waals surface area contributed by atoms with Crippen LogP contribution in [0.5, 0.6) is 11.5 Å². The van der Waals surface area contributed by atoms with E-state index in [0.29, 0.717) is 0 Å². The molecule has 0 radical (unpaired) electrons. The van der Waals surface area contributed by atoms with Crippen LogP contribution in [0.1, 0.15) is 44.6 Å². The fourth-order valence-electron chi connectivity index (χ4n) is 2.00. The van der Waals surface area contributed by atoms with Gasteiger partial charge in [0.1, 0.15) is 0 Å². The molecule has 1 aromatic carbocycles. The summed E-state index contributed by atoms with van der Waals surface area (Å²) in [5, 5.41) is 0. The van der Waals surface area contributed by atoms with Crippen LogP contribution in [0.3, 0.4) is 0 Å². The van der Waals surface area contributed by atoms with E-state index in [9.17, 15) is 0 Å². The zero-order valence-corrected chi connectivity index (χ0v) is 12.3. The van der Waals surface area contributed by atoms with Gasteiger partial charge in [0, 0.05) is 0 Å². The topological polar surface area (TPSA) is 44.5 Å². The Morgan fingerprint density at radius 3 is 2.58 bits per heavy atom. The summed E-state index contributed by atoms with van der Waals surface area (Å²) in [5.41, 5.74) is 6.78. The third-order valence-electron chi connectivity index (χ3n) is 3.15. The smallest absolute Gasteiger partial charge is 0.161 e. The molecule has 108 valence electrons. The van der Waals surface area contributed by atoms with Gasteiger partial charge in [-0.2, -0.15) is 0 Å². The molecule has 0 spiro atoms. The van der Waals surface area contributed by atoms with Crippen molar-refractivity contribution in [1.82, 2.24) is 0 Å². The van der Waals surface area contributed by atoms with Crippen LogP contribution in [0.25, 0.3) is 0 Å². The van der Waals surface area contributed by atoms with Gasteiger partial charge in [-0.25, -0.2) is 0 Å². The Kier molecular flexibility index (Phi) is 8.07. The van der Waals surface area contributed by atoms with E-state index >= 15 is 0 Å². The van der Waals surface area contributed by atoms with Gasteiger partial charge in [-0.1, -0.05) is 32.3 Å². The fraction of sp³-hybridized carbons (Fsp3) is 0.625. The number of methoxy groups -OCH3 is 1. The van der Waals surface area contributed by atoms with E-state index in [0.717, 1.165) is 43.9 Å². The summed E-state index contributed by atoms with van der Waals surface area (Å²) in [5.74, 6) is 1.67. The summed E-state index contributed by atoms with van der Waals surface area (Å²) < 4.78 is 11.2. The summed E-state index contributed by atoms with van der Waals surface area (Å²) >= 11 is 0. The SMILES string of the molecule is CCCCCCOc1ccc(CCCN)cc1OC. The van der Waals surface area contributed by atoms with E-state index < -0.39 is 0 Å². The van der Waals surface area contributed by atoms with E-state index in [4.69, 9.17) is 15.2 Å². The molecule has 3 nitrogen and oxygen atoms in total. The lowest BCUT2D eigenvalue weighted by Gasteiger charge is -2.12. The van der Waals surface area contributed by atoms with Crippen LogP contribution in [-0.2, 0) is 6.42 Å². The summed E-state index contributed by atoms with van der Waals surface area (Å²) in [6.45, 7) is 3.69. The van der Waals surface area contributed by atoms with Crippen molar-refractivity contribution < 1.29 is 9.47 Å². The van der Waals surface area contributed by atoms with Crippen LogP contribution in [0.4, 0.5) is 0 Å². The molecule has 0 aliphatic heterocycles. The third kappa shape index (κ3) is 5.97. The maximum atomic E-state index is 5.78. The summed E-state index contributed by atoms with van der Waals surface area (Å²) in [7, 11) is 1.69. The lowest BCUT2D eigenvalue weighted by Crippen LogP contribution is -2.02. The van der Waals surface area contributed by atoms with Crippen LogP contribution >= 0.6 is 0 Å². The Balaban J connectivity index is 2.48. The highest BCUT2D eigenvalue weighted by Crippen LogP contribution is 2.28. The average molecular weight is 265 g/mol. The average Bonchev–Trinajstić information content (AvgIpc) is 2.45. The minimum atomic E-state index is 0.720. The molecule has 2 N–H and O–H groups in total. The molecule has 1 rings (SSSR count). The van der Waals surface area contributed by atoms with E-state index in [-0.39, 0.29) is 0 Å². The van der Waals surface area contributed by atoms with Gasteiger partial charge in [0.2, 0.25) is 0 Å². The molecular formula is C16H27NO2. The fourth-order valence-corrected chi connectivity index (χ4v) is 2.00. The van der Waals surface area contributed by atoms with Gasteiger partial charge in [0.25, 0.3) is 0 Å². The molecule has 0 saturated heterocycles. The van der Waals surface area contributed by atoms with Gasteiger partial charge in [0.15, 0.2) is 11.5 Å². The zero-order chi connectivity index (χ0) is 13.9. The van der Waals surface area contributed by atoms with Crippen molar-refractivity contribution in [3.05, 3.63) is 23.8 Å². The summed E-state index contributed by atoms with van der Waals surface area (Å²) in [6, 6.07) is 6.15. The van der Waals surface area contributed by atoms with Crippen LogP contribution < -0.4 is 15.2 Å². The summed E-state index contributed by atoms with van der Waals surface area (Å²) in [4.78, 5) is 0. The van der Waals surface area contributed by atoms with Gasteiger partial charge in [-0.15, -0.1) is 0 Å². The number of rotatable bonds is 10. The second-order valence-electron chi connectivity index (χ2n) is 4.79. The first-order chi connectivity index (χ1) is 9.31. The first-order valence-electron chi connectivity index (χ1n) is 7.31. The van der Waals surface area contributed by atoms with Crippen molar-refractivity contribution >= 4 is 0 Å². The van der Waals surface area contributed by atoms with Crippen molar-refractivity contribution in [3.8, 4) is 11.5 Å². The Hall–Kier alpha value is -1.22. The lowest BCUT2D eigenvalue weighted by atomic mass is 10.1. The zero-order valence-electron chi connectivity index (χ0n) is 12.3. The number of hydrogen-bond acceptors (Lipinski definition) is 3. The van der Waals surface area contributed by atoms with E-state index in [1.807, 2.05) is 6.07 Å². The van der Waals surface area contributed by atoms with Crippen LogP contribution in [0.2, 0.25) is 0 Å². The van der Waals surface area contributed by atoms with Gasteiger partial charge in [-0.05, 0) is 43.5 Å². The van der Waals surface area contributed by atoms with E-state index in [2.05, 4.69) is 19.1 Å². The Bertz CT molecular complexity index is 353. The number of hydrogen-bond donors (Lipinski definition) is 1. The molecule has 0 heterocycles. The predicted octanol–water partition coefficient (Wildman–Crippen LogP) is 3.55. The quantitative estimate of drug-likeness (QED) is 0.658. The normalized spacial score (nSPS) is 10.5. The Labute approximate surface area is 117 Å². The van der Waals surface area contributed by atoms with Crippen molar-refractivity contribution in [1.29, 1.82) is 0 Å². The van der Waals surface area contributed by atoms with E-state index in [1.54, 1.807) is 7.11 Å². The maximum absolute atomic E-state index is 5.78. The maximum Gasteiger partial charge on any atom is 0.161 e. The van der Waals surface area contributed by atoms with Crippen molar-refractivity contribution in [2.24, 2.45) is 5.73 Å². The molecule has 0 bridgehead atoms. The number of ether oxygens (including phenoxy) is 2. The molecule has 3 heteroatoms. The highest BCUT2D eigenvalue weighted by atomic mass is 16.5. The first kappa shape index (κ1) is 15.8. The number of benzene rings is 1. The summed E-state index contributed by atoms with van der Waals surface area (Å²) in [6.07, 6.45) is 6.85. The van der Waals surface area contributed by atoms with Gasteiger partial charge in [-0.3, -0.25) is 0 Å². The lowest BCUT2D eigenvalue weighted by molar-refractivity contribution is 0.285. The standard InChI is InChI=1S/C16H27NO2/c1-3-4-5-6-12-19-15-10-9-14(8-7-11-17)13-16(15)18-2/h9-10,13H,3-8,11-12,17H2,1-2H3. The monoisotopic (exact) mass is 265 g/mol. The second-order valence-corrected chi connectivity index (χ2v) is 4.79. The first-order valence-corrected chi connectivity index (χ1v) is 7.31. The molecule has 0 fully saturated rings. The molecule has 0 amide bonds. The highest BCUT2D eigenvalue weighted by Gasteiger charge is 2.05. The molecule has 0 aliphatic carbocycles. The Morgan fingerprint density at radius 2 is 1.89 bits per heavy atom. The largest absolute Gasteiger partial charge is 0.493 e. The van der Waals surface area contributed by atoms with Crippen molar-refractivity contribution in [2.45, 2.75) is 45.4 Å². The third-order valence-corrected chi connectivity index (χ3v) is 3.15. The molecule has 0 saturated carbocycles. The van der Waals surface area contributed by atoms with Crippen molar-refractivity contribution in [2.75, 3.05) is 20.3 Å². The minimum Gasteiger partial charge on any atom is -0.493 e. The minimum absolute atomic E-state index is 0.720. The van der Waals surface area contributed by atoms with Gasteiger partial charge < -0.3 is 15.2 Å². The molecule has 0 unspecified atom stereocenters. The van der Waals surface area contributed by atoms with Crippen LogP contribution in [0, 0.1) is 0 Å². The Morgan fingerprint density at radius 1 is 1.05 bits per heavy atom. The van der Waals surface area contributed by atoms with E-state index in [1.165, 1.54) is 24.8 Å². The van der Waals surface area contributed by atoms with Gasteiger partial charge >= 0.3 is 0 Å². The number of unbranched alkanes of at least 4 members (excludes halogenated alkanes) is 3.